The molecule has 4 heteroatoms. The average Bonchev–Trinajstić information content (AvgIpc) is 1.20. The number of rotatable bonds is 7. The number of benzene rings is 9. The standard InChI is InChI=1S/C55H35N3O/c1-4-14-36(15-5-1)39-26-27-41-31-42(29-28-40(41)30-39)46-33-45(37-16-6-2-7-17-37)34-47(35-46)55-57-53(38-18-8-3-9-19-38)56-54(58-55)44-21-12-20-43(32-44)48-23-13-24-50-49-22-10-11-25-51(49)59-52(48)50/h1-35H/i1D,2D,3D,4D,5D,6D,7D,8D,9D,10D,11D,12D,13D,14D,15D,16D,17D,18D,19D,20D,21D,22D,23D,24D,25D,26D,27D,28D,29D,30D,31D,32D,33D,34D,35D. The van der Waals surface area contributed by atoms with Crippen LogP contribution < -0.4 is 0 Å². The number of para-hydroxylation sites is 2. The first-order valence-electron chi connectivity index (χ1n) is 34.5. The van der Waals surface area contributed by atoms with Crippen molar-refractivity contribution in [2.45, 2.75) is 0 Å². The first-order valence-corrected chi connectivity index (χ1v) is 17.0. The van der Waals surface area contributed by atoms with Crippen LogP contribution in [0.5, 0.6) is 0 Å². The molecule has 0 N–H and O–H groups in total. The molecule has 0 aliphatic heterocycles. The van der Waals surface area contributed by atoms with Gasteiger partial charge in [0, 0.05) is 33.0 Å². The van der Waals surface area contributed by atoms with Gasteiger partial charge in [-0.05, 0) is 92.0 Å². The van der Waals surface area contributed by atoms with Gasteiger partial charge in [-0.25, -0.2) is 15.0 Å². The Morgan fingerprint density at radius 2 is 0.763 bits per heavy atom. The lowest BCUT2D eigenvalue weighted by atomic mass is 9.94. The molecule has 0 bridgehead atoms. The molecule has 276 valence electrons. The maximum atomic E-state index is 10.0. The van der Waals surface area contributed by atoms with Crippen LogP contribution in [0.4, 0.5) is 0 Å². The lowest BCUT2D eigenvalue weighted by Gasteiger charge is -2.13. The summed E-state index contributed by atoms with van der Waals surface area (Å²) in [7, 11) is 0. The maximum absolute atomic E-state index is 10.0. The van der Waals surface area contributed by atoms with Crippen LogP contribution in [0.3, 0.4) is 0 Å². The molecule has 11 aromatic rings. The minimum atomic E-state index is -1.27. The van der Waals surface area contributed by atoms with Crippen molar-refractivity contribution < 1.29 is 52.4 Å². The molecular formula is C55H35N3O. The summed E-state index contributed by atoms with van der Waals surface area (Å²) in [6.45, 7) is 0. The Bertz CT molecular complexity index is 5310. The minimum absolute atomic E-state index is 0.465. The number of fused-ring (bicyclic) bond motifs is 4. The Balaban J connectivity index is 1.32. The van der Waals surface area contributed by atoms with Gasteiger partial charge in [-0.3, -0.25) is 0 Å². The molecule has 0 radical (unpaired) electrons. The summed E-state index contributed by atoms with van der Waals surface area (Å²) in [6.07, 6.45) is 0. The van der Waals surface area contributed by atoms with Gasteiger partial charge in [0.25, 0.3) is 0 Å². The van der Waals surface area contributed by atoms with E-state index in [-0.39, 0.29) is 0 Å². The van der Waals surface area contributed by atoms with Gasteiger partial charge in [-0.2, -0.15) is 0 Å². The van der Waals surface area contributed by atoms with E-state index < -0.39 is 323 Å². The zero-order chi connectivity index (χ0) is 69.6. The molecule has 0 fully saturated rings. The Labute approximate surface area is 391 Å². The molecule has 11 rings (SSSR count). The van der Waals surface area contributed by atoms with E-state index in [1.54, 1.807) is 0 Å². The van der Waals surface area contributed by atoms with Crippen molar-refractivity contribution in [3.63, 3.8) is 0 Å². The zero-order valence-electron chi connectivity index (χ0n) is 64.2. The Morgan fingerprint density at radius 3 is 1.46 bits per heavy atom. The molecule has 2 aromatic heterocycles. The summed E-state index contributed by atoms with van der Waals surface area (Å²) >= 11 is 0. The third-order valence-electron chi connectivity index (χ3n) is 8.49. The second-order valence-corrected chi connectivity index (χ2v) is 12.1. The second-order valence-electron chi connectivity index (χ2n) is 12.1. The number of furan rings is 1. The molecule has 2 heterocycles. The van der Waals surface area contributed by atoms with Crippen LogP contribution in [0.2, 0.25) is 0 Å². The van der Waals surface area contributed by atoms with Crippen molar-refractivity contribution in [1.29, 1.82) is 0 Å². The van der Waals surface area contributed by atoms with Gasteiger partial charge >= 0.3 is 0 Å². The number of nitrogens with zero attached hydrogens (tertiary/aromatic N) is 3. The fraction of sp³-hybridized carbons (Fsp3) is 0. The molecule has 0 aliphatic rings. The fourth-order valence-electron chi connectivity index (χ4n) is 5.86. The molecule has 59 heavy (non-hydrogen) atoms. The van der Waals surface area contributed by atoms with Gasteiger partial charge in [0.05, 0.1) is 48.0 Å². The van der Waals surface area contributed by atoms with E-state index in [0.717, 1.165) is 0 Å². The number of hydrogen-bond acceptors (Lipinski definition) is 4. The van der Waals surface area contributed by atoms with Gasteiger partial charge in [0.2, 0.25) is 0 Å². The summed E-state index contributed by atoms with van der Waals surface area (Å²) in [5, 5.41) is -2.65. The monoisotopic (exact) mass is 788 g/mol. The van der Waals surface area contributed by atoms with Crippen LogP contribution in [0.1, 0.15) is 48.0 Å². The summed E-state index contributed by atoms with van der Waals surface area (Å²) in [4.78, 5) is 13.1. The van der Waals surface area contributed by atoms with Crippen molar-refractivity contribution in [2.24, 2.45) is 0 Å². The Kier molecular flexibility index (Phi) is 3.41. The molecule has 0 aliphatic carbocycles. The topological polar surface area (TPSA) is 51.8 Å². The Morgan fingerprint density at radius 1 is 0.305 bits per heavy atom. The van der Waals surface area contributed by atoms with Crippen LogP contribution >= 0.6 is 0 Å². The summed E-state index contributed by atoms with van der Waals surface area (Å²) in [5.74, 6) is -3.28. The third kappa shape index (κ3) is 6.53. The molecule has 0 spiro atoms. The van der Waals surface area contributed by atoms with Crippen LogP contribution in [0, 0.1) is 0 Å². The molecule has 0 saturated carbocycles. The second kappa shape index (κ2) is 14.5. The first kappa shape index (κ1) is 13.9. The van der Waals surface area contributed by atoms with Gasteiger partial charge in [0.1, 0.15) is 11.2 Å². The predicted molar refractivity (Wildman–Crippen MR) is 243 cm³/mol. The Hall–Kier alpha value is -7.95. The summed E-state index contributed by atoms with van der Waals surface area (Å²) < 4.78 is 320. The fourth-order valence-corrected chi connectivity index (χ4v) is 5.86. The largest absolute Gasteiger partial charge is 0.455 e. The lowest BCUT2D eigenvalue weighted by Crippen LogP contribution is -2.00. The molecule has 0 saturated heterocycles. The van der Waals surface area contributed by atoms with Crippen molar-refractivity contribution in [3.8, 4) is 78.7 Å². The quantitative estimate of drug-likeness (QED) is 0.161. The van der Waals surface area contributed by atoms with Crippen LogP contribution in [0.15, 0.2) is 216 Å². The predicted octanol–water partition coefficient (Wildman–Crippen LogP) is 14.6. The van der Waals surface area contributed by atoms with Crippen LogP contribution in [-0.4, -0.2) is 15.0 Å². The highest BCUT2D eigenvalue weighted by atomic mass is 16.3. The van der Waals surface area contributed by atoms with E-state index in [0.29, 0.717) is 0 Å². The number of aromatic nitrogens is 3. The molecule has 0 atom stereocenters. The molecule has 9 aromatic carbocycles. The van der Waals surface area contributed by atoms with Crippen molar-refractivity contribution >= 4 is 32.7 Å². The first-order chi connectivity index (χ1) is 43.8. The number of hydrogen-bond donors (Lipinski definition) is 0. The van der Waals surface area contributed by atoms with E-state index >= 15 is 0 Å². The summed E-state index contributed by atoms with van der Waals surface area (Å²) in [5.41, 5.74) is -11.7. The molecule has 0 amide bonds. The molecule has 4 nitrogen and oxygen atoms in total. The molecular weight excluding hydrogens is 719 g/mol. The van der Waals surface area contributed by atoms with Crippen molar-refractivity contribution in [1.82, 2.24) is 15.0 Å². The third-order valence-corrected chi connectivity index (χ3v) is 8.49. The van der Waals surface area contributed by atoms with Crippen LogP contribution in [-0.2, 0) is 0 Å². The normalized spacial score (nSPS) is 19.7. The molecule has 0 unspecified atom stereocenters. The lowest BCUT2D eigenvalue weighted by molar-refractivity contribution is 0.670. The summed E-state index contributed by atoms with van der Waals surface area (Å²) in [6, 6.07) is -35.9. The smallest absolute Gasteiger partial charge is 0.164 e. The maximum Gasteiger partial charge on any atom is 0.164 e. The van der Waals surface area contributed by atoms with Gasteiger partial charge in [-0.1, -0.05) is 169 Å². The highest BCUT2D eigenvalue weighted by Crippen LogP contribution is 2.38. The van der Waals surface area contributed by atoms with Crippen molar-refractivity contribution in [3.05, 3.63) is 211 Å². The van der Waals surface area contributed by atoms with Gasteiger partial charge < -0.3 is 4.42 Å². The SMILES string of the molecule is [2H]c1c([2H])c([2H])c(-c2nc(-c3c([2H])c(-c4c([2H])c([2H])c([2H])c([2H])c4[2H])c([2H])c(-c4c([2H])c([2H])c5c([2H])c(-c6c([2H])c([2H])c([2H])c([2H])c6[2H])c([2H])c([2H])c5c4[2H])c3[2H])nc(-c3c([2H])c([2H])c([2H])c(-c4c([2H])c([2H])c([2H])c5c4oc4c([2H])c([2H])c([2H])c([2H])c45)c3[2H])n2)c([2H])c1[2H]. The van der Waals surface area contributed by atoms with Gasteiger partial charge in [-0.15, -0.1) is 0 Å². The van der Waals surface area contributed by atoms with E-state index in [4.69, 9.17) is 37.3 Å². The highest BCUT2D eigenvalue weighted by molar-refractivity contribution is 6.09. The highest BCUT2D eigenvalue weighted by Gasteiger charge is 2.17. The average molecular weight is 789 g/mol. The van der Waals surface area contributed by atoms with Crippen LogP contribution in [0.25, 0.3) is 111 Å². The van der Waals surface area contributed by atoms with Gasteiger partial charge in [0.15, 0.2) is 17.5 Å². The minimum Gasteiger partial charge on any atom is -0.455 e. The van der Waals surface area contributed by atoms with Crippen molar-refractivity contribution in [2.75, 3.05) is 0 Å². The van der Waals surface area contributed by atoms with E-state index in [1.165, 1.54) is 0 Å². The van der Waals surface area contributed by atoms with E-state index in [1.807, 2.05) is 0 Å². The zero-order valence-corrected chi connectivity index (χ0v) is 29.2. The van der Waals surface area contributed by atoms with E-state index in [9.17, 15) is 15.1 Å². The van der Waals surface area contributed by atoms with E-state index in [2.05, 4.69) is 15.0 Å².